The summed E-state index contributed by atoms with van der Waals surface area (Å²) < 4.78 is 6.58. The van der Waals surface area contributed by atoms with Gasteiger partial charge in [-0.25, -0.2) is 15.0 Å². The molecule has 2 heterocycles. The second-order valence-corrected chi connectivity index (χ2v) is 12.8. The van der Waals surface area contributed by atoms with Crippen molar-refractivity contribution in [3.05, 3.63) is 176 Å². The lowest BCUT2D eigenvalue weighted by atomic mass is 9.96. The minimum absolute atomic E-state index is 0.600. The molecule has 0 N–H and O–H groups in total. The van der Waals surface area contributed by atoms with E-state index in [4.69, 9.17) is 19.4 Å². The smallest absolute Gasteiger partial charge is 0.164 e. The fourth-order valence-corrected chi connectivity index (χ4v) is 7.23. The first-order valence-electron chi connectivity index (χ1n) is 17.1. The minimum Gasteiger partial charge on any atom is -0.455 e. The Labute approximate surface area is 294 Å². The van der Waals surface area contributed by atoms with Crippen LogP contribution in [0.1, 0.15) is 0 Å². The van der Waals surface area contributed by atoms with E-state index in [1.165, 1.54) is 27.3 Å². The molecule has 10 aromatic rings. The number of aromatic nitrogens is 3. The molecular formula is C47H29N3O. The van der Waals surface area contributed by atoms with Crippen LogP contribution in [0, 0.1) is 0 Å². The van der Waals surface area contributed by atoms with Crippen molar-refractivity contribution in [3.63, 3.8) is 0 Å². The predicted octanol–water partition coefficient (Wildman–Crippen LogP) is 12.4. The van der Waals surface area contributed by atoms with Crippen LogP contribution in [0.3, 0.4) is 0 Å². The molecule has 0 saturated carbocycles. The summed E-state index contributed by atoms with van der Waals surface area (Å²) in [5.74, 6) is 1.84. The zero-order valence-electron chi connectivity index (χ0n) is 27.5. The monoisotopic (exact) mass is 651 g/mol. The molecule has 2 aromatic heterocycles. The summed E-state index contributed by atoms with van der Waals surface area (Å²) in [5.41, 5.74) is 8.96. The van der Waals surface area contributed by atoms with Gasteiger partial charge in [-0.2, -0.15) is 0 Å². The Morgan fingerprint density at radius 1 is 0.333 bits per heavy atom. The Morgan fingerprint density at radius 3 is 1.73 bits per heavy atom. The van der Waals surface area contributed by atoms with E-state index in [1.54, 1.807) is 0 Å². The largest absolute Gasteiger partial charge is 0.455 e. The van der Waals surface area contributed by atoms with Crippen molar-refractivity contribution >= 4 is 43.5 Å². The van der Waals surface area contributed by atoms with E-state index < -0.39 is 0 Å². The maximum atomic E-state index is 6.58. The number of rotatable bonds is 5. The normalized spacial score (nSPS) is 11.5. The van der Waals surface area contributed by atoms with Crippen molar-refractivity contribution < 1.29 is 4.42 Å². The highest BCUT2D eigenvalue weighted by molar-refractivity contribution is 6.15. The molecule has 8 aromatic carbocycles. The van der Waals surface area contributed by atoms with Crippen LogP contribution in [0.15, 0.2) is 180 Å². The fraction of sp³-hybridized carbons (Fsp3) is 0. The zero-order chi connectivity index (χ0) is 33.7. The van der Waals surface area contributed by atoms with E-state index in [2.05, 4.69) is 127 Å². The first-order valence-corrected chi connectivity index (χ1v) is 17.1. The third-order valence-corrected chi connectivity index (χ3v) is 9.72. The first-order chi connectivity index (χ1) is 25.3. The van der Waals surface area contributed by atoms with Crippen molar-refractivity contribution in [3.8, 4) is 56.4 Å². The molecule has 0 aliphatic heterocycles. The number of hydrogen-bond acceptors (Lipinski definition) is 4. The van der Waals surface area contributed by atoms with Gasteiger partial charge in [0.05, 0.1) is 0 Å². The third-order valence-electron chi connectivity index (χ3n) is 9.72. The lowest BCUT2D eigenvalue weighted by Gasteiger charge is -2.11. The number of nitrogens with zero attached hydrogens (tertiary/aromatic N) is 3. The third kappa shape index (κ3) is 5.04. The molecule has 4 nitrogen and oxygen atoms in total. The average molecular weight is 652 g/mol. The number of hydrogen-bond donors (Lipinski definition) is 0. The molecule has 51 heavy (non-hydrogen) atoms. The maximum Gasteiger partial charge on any atom is 0.164 e. The van der Waals surface area contributed by atoms with Gasteiger partial charge in [0.2, 0.25) is 0 Å². The second-order valence-electron chi connectivity index (χ2n) is 12.8. The molecule has 0 unspecified atom stereocenters. The van der Waals surface area contributed by atoms with Gasteiger partial charge in [-0.1, -0.05) is 158 Å². The molecule has 0 radical (unpaired) electrons. The van der Waals surface area contributed by atoms with Crippen molar-refractivity contribution in [1.82, 2.24) is 15.0 Å². The Hall–Kier alpha value is -6.91. The molecule has 0 aliphatic rings. The van der Waals surface area contributed by atoms with E-state index in [0.717, 1.165) is 55.1 Å². The summed E-state index contributed by atoms with van der Waals surface area (Å²) in [6.07, 6.45) is 0. The predicted molar refractivity (Wildman–Crippen MR) is 209 cm³/mol. The molecule has 4 heteroatoms. The summed E-state index contributed by atoms with van der Waals surface area (Å²) in [6.45, 7) is 0. The van der Waals surface area contributed by atoms with Gasteiger partial charge in [0.25, 0.3) is 0 Å². The van der Waals surface area contributed by atoms with Gasteiger partial charge in [0.1, 0.15) is 11.2 Å². The molecule has 0 aliphatic carbocycles. The van der Waals surface area contributed by atoms with Crippen LogP contribution in [-0.4, -0.2) is 15.0 Å². The van der Waals surface area contributed by atoms with E-state index in [1.807, 2.05) is 48.5 Å². The highest BCUT2D eigenvalue weighted by Crippen LogP contribution is 2.40. The van der Waals surface area contributed by atoms with Gasteiger partial charge in [-0.3, -0.25) is 0 Å². The van der Waals surface area contributed by atoms with Gasteiger partial charge >= 0.3 is 0 Å². The van der Waals surface area contributed by atoms with Crippen molar-refractivity contribution in [1.29, 1.82) is 0 Å². The van der Waals surface area contributed by atoms with E-state index in [-0.39, 0.29) is 0 Å². The van der Waals surface area contributed by atoms with Gasteiger partial charge < -0.3 is 4.42 Å². The van der Waals surface area contributed by atoms with Gasteiger partial charge in [-0.05, 0) is 56.4 Å². The molecule has 0 atom stereocenters. The average Bonchev–Trinajstić information content (AvgIpc) is 3.60. The molecule has 238 valence electrons. The molecule has 0 amide bonds. The van der Waals surface area contributed by atoms with Crippen molar-refractivity contribution in [2.75, 3.05) is 0 Å². The molecular weight excluding hydrogens is 623 g/mol. The van der Waals surface area contributed by atoms with Crippen LogP contribution in [-0.2, 0) is 0 Å². The Balaban J connectivity index is 1.16. The fourth-order valence-electron chi connectivity index (χ4n) is 7.23. The molecule has 0 spiro atoms. The lowest BCUT2D eigenvalue weighted by Crippen LogP contribution is -2.00. The highest BCUT2D eigenvalue weighted by Gasteiger charge is 2.19. The molecule has 10 rings (SSSR count). The SMILES string of the molecule is c1ccc(-c2ccc3ccc4cc(-c5nc(-c6ccccc6)nc(-c6cccc7oc8c(-c9ccccc9)cccc8c67)n5)ccc4c3c2)cc1. The Bertz CT molecular complexity index is 2900. The van der Waals surface area contributed by atoms with Crippen molar-refractivity contribution in [2.45, 2.75) is 0 Å². The molecule has 0 bridgehead atoms. The summed E-state index contributed by atoms with van der Waals surface area (Å²) in [5, 5.41) is 6.76. The summed E-state index contributed by atoms with van der Waals surface area (Å²) in [7, 11) is 0. The van der Waals surface area contributed by atoms with E-state index in [0.29, 0.717) is 17.5 Å². The zero-order valence-corrected chi connectivity index (χ0v) is 27.5. The summed E-state index contributed by atoms with van der Waals surface area (Å²) in [4.78, 5) is 15.3. The van der Waals surface area contributed by atoms with Crippen LogP contribution >= 0.6 is 0 Å². The number of benzene rings is 8. The van der Waals surface area contributed by atoms with Crippen LogP contribution in [0.2, 0.25) is 0 Å². The maximum absolute atomic E-state index is 6.58. The Kier molecular flexibility index (Phi) is 6.78. The number of furan rings is 1. The van der Waals surface area contributed by atoms with Crippen LogP contribution in [0.4, 0.5) is 0 Å². The van der Waals surface area contributed by atoms with Crippen LogP contribution in [0.25, 0.3) is 99.9 Å². The topological polar surface area (TPSA) is 51.8 Å². The van der Waals surface area contributed by atoms with Gasteiger partial charge in [0.15, 0.2) is 17.5 Å². The van der Waals surface area contributed by atoms with Crippen LogP contribution in [0.5, 0.6) is 0 Å². The lowest BCUT2D eigenvalue weighted by molar-refractivity contribution is 0.670. The van der Waals surface area contributed by atoms with Crippen LogP contribution < -0.4 is 0 Å². The van der Waals surface area contributed by atoms with Crippen molar-refractivity contribution in [2.24, 2.45) is 0 Å². The second kappa shape index (κ2) is 11.9. The standard InChI is InChI=1S/C47H29N3O/c1-4-12-30(13-5-1)34-24-22-32-23-25-35-28-36(26-27-37(35)41(32)29-34)46-48-45(33-16-8-3-9-17-33)49-47(50-46)40-20-11-21-42-43(40)39-19-10-18-38(44(39)51-42)31-14-6-2-7-15-31/h1-29H. The number of fused-ring (bicyclic) bond motifs is 6. The van der Waals surface area contributed by atoms with E-state index in [9.17, 15) is 0 Å². The Morgan fingerprint density at radius 2 is 0.941 bits per heavy atom. The van der Waals surface area contributed by atoms with E-state index >= 15 is 0 Å². The minimum atomic E-state index is 0.600. The summed E-state index contributed by atoms with van der Waals surface area (Å²) in [6, 6.07) is 61.0. The van der Waals surface area contributed by atoms with Gasteiger partial charge in [-0.15, -0.1) is 0 Å². The first kappa shape index (κ1) is 29.0. The molecule has 0 fully saturated rings. The highest BCUT2D eigenvalue weighted by atomic mass is 16.3. The van der Waals surface area contributed by atoms with Gasteiger partial charge in [0, 0.05) is 33.0 Å². The quantitative estimate of drug-likeness (QED) is 0.174. The number of para-hydroxylation sites is 1. The summed E-state index contributed by atoms with van der Waals surface area (Å²) >= 11 is 0. The molecule has 0 saturated heterocycles.